The number of anilines is 1. The van der Waals surface area contributed by atoms with Gasteiger partial charge in [-0.2, -0.15) is 0 Å². The van der Waals surface area contributed by atoms with Gasteiger partial charge in [-0.3, -0.25) is 9.36 Å². The summed E-state index contributed by atoms with van der Waals surface area (Å²) in [5, 5.41) is 16.0. The van der Waals surface area contributed by atoms with Crippen LogP contribution in [0.2, 0.25) is 0 Å². The summed E-state index contributed by atoms with van der Waals surface area (Å²) < 4.78 is 12.3. The number of aryl methyl sites for hydroxylation is 1. The van der Waals surface area contributed by atoms with Crippen molar-refractivity contribution in [3.8, 4) is 22.8 Å². The minimum Gasteiger partial charge on any atom is -0.497 e. The Morgan fingerprint density at radius 2 is 1.97 bits per heavy atom. The Bertz CT molecular complexity index is 1170. The number of hydrogen-bond donors (Lipinski definition) is 1. The number of carbonyl (C=O) groups is 1. The summed E-state index contributed by atoms with van der Waals surface area (Å²) in [6, 6.07) is 19.3. The SMILES string of the molecule is COc1cccc(-c2nnc(SCCC(=O)Nc3cc(C)on3)n2-c2ccccc2)c1. The van der Waals surface area contributed by atoms with Crippen LogP contribution in [0.25, 0.3) is 17.1 Å². The molecule has 1 N–H and O–H groups in total. The summed E-state index contributed by atoms with van der Waals surface area (Å²) in [7, 11) is 1.63. The third-order valence-electron chi connectivity index (χ3n) is 4.43. The van der Waals surface area contributed by atoms with Gasteiger partial charge in [-0.25, -0.2) is 0 Å². The van der Waals surface area contributed by atoms with Crippen molar-refractivity contribution < 1.29 is 14.1 Å². The number of nitrogens with zero attached hydrogens (tertiary/aromatic N) is 4. The molecule has 31 heavy (non-hydrogen) atoms. The highest BCUT2D eigenvalue weighted by molar-refractivity contribution is 7.99. The van der Waals surface area contributed by atoms with Crippen LogP contribution in [0.5, 0.6) is 5.75 Å². The van der Waals surface area contributed by atoms with Gasteiger partial charge >= 0.3 is 0 Å². The van der Waals surface area contributed by atoms with Crippen molar-refractivity contribution in [3.05, 3.63) is 66.4 Å². The van der Waals surface area contributed by atoms with Crippen LogP contribution < -0.4 is 10.1 Å². The largest absolute Gasteiger partial charge is 0.497 e. The second-order valence-electron chi connectivity index (χ2n) is 6.68. The van der Waals surface area contributed by atoms with Crippen molar-refractivity contribution in [1.29, 1.82) is 0 Å². The first kappa shape index (κ1) is 20.7. The van der Waals surface area contributed by atoms with Gasteiger partial charge in [-0.15, -0.1) is 10.2 Å². The zero-order valence-electron chi connectivity index (χ0n) is 17.1. The molecule has 4 rings (SSSR count). The standard InChI is InChI=1S/C22H21N5O3S/c1-15-13-19(26-30-15)23-20(28)11-12-31-22-25-24-21(16-7-6-10-18(14-16)29-2)27(22)17-8-4-3-5-9-17/h3-10,13-14H,11-12H2,1-2H3,(H,23,26,28). The minimum atomic E-state index is -0.139. The fraction of sp³-hybridized carbons (Fsp3) is 0.182. The van der Waals surface area contributed by atoms with Gasteiger partial charge in [0.15, 0.2) is 16.8 Å². The van der Waals surface area contributed by atoms with Crippen LogP contribution in [0, 0.1) is 6.92 Å². The molecule has 0 unspecified atom stereocenters. The summed E-state index contributed by atoms with van der Waals surface area (Å²) in [4.78, 5) is 12.2. The number of benzene rings is 2. The summed E-state index contributed by atoms with van der Waals surface area (Å²) in [5.74, 6) is 2.90. The van der Waals surface area contributed by atoms with Crippen molar-refractivity contribution in [1.82, 2.24) is 19.9 Å². The molecule has 0 aliphatic heterocycles. The topological polar surface area (TPSA) is 95.1 Å². The van der Waals surface area contributed by atoms with Crippen LogP contribution in [0.4, 0.5) is 5.82 Å². The Kier molecular flexibility index (Phi) is 6.32. The summed E-state index contributed by atoms with van der Waals surface area (Å²) in [6.45, 7) is 1.77. The Morgan fingerprint density at radius 3 is 2.71 bits per heavy atom. The first-order chi connectivity index (χ1) is 15.1. The molecule has 0 fully saturated rings. The van der Waals surface area contributed by atoms with E-state index in [2.05, 4.69) is 20.7 Å². The maximum atomic E-state index is 12.2. The molecule has 0 aliphatic rings. The maximum Gasteiger partial charge on any atom is 0.226 e. The number of nitrogens with one attached hydrogen (secondary N) is 1. The van der Waals surface area contributed by atoms with Crippen LogP contribution >= 0.6 is 11.8 Å². The second kappa shape index (κ2) is 9.48. The molecular weight excluding hydrogens is 414 g/mol. The number of hydrogen-bond acceptors (Lipinski definition) is 7. The van der Waals surface area contributed by atoms with Crippen LogP contribution in [-0.4, -0.2) is 38.7 Å². The molecule has 0 saturated carbocycles. The molecule has 0 radical (unpaired) electrons. The predicted octanol–water partition coefficient (Wildman–Crippen LogP) is 4.36. The molecule has 2 aromatic carbocycles. The predicted molar refractivity (Wildman–Crippen MR) is 119 cm³/mol. The van der Waals surface area contributed by atoms with E-state index < -0.39 is 0 Å². The van der Waals surface area contributed by atoms with Crippen LogP contribution in [0.15, 0.2) is 70.3 Å². The monoisotopic (exact) mass is 435 g/mol. The van der Waals surface area contributed by atoms with Gasteiger partial charge in [0.05, 0.1) is 7.11 Å². The van der Waals surface area contributed by atoms with Crippen molar-refractivity contribution in [2.75, 3.05) is 18.2 Å². The van der Waals surface area contributed by atoms with E-state index in [4.69, 9.17) is 9.26 Å². The molecule has 2 heterocycles. The number of aromatic nitrogens is 4. The van der Waals surface area contributed by atoms with E-state index in [1.54, 1.807) is 20.1 Å². The fourth-order valence-electron chi connectivity index (χ4n) is 2.99. The molecule has 1 amide bonds. The Hall–Kier alpha value is -3.59. The van der Waals surface area contributed by atoms with Crippen LogP contribution in [-0.2, 0) is 4.79 Å². The third-order valence-corrected chi connectivity index (χ3v) is 5.36. The first-order valence-electron chi connectivity index (χ1n) is 9.65. The highest BCUT2D eigenvalue weighted by Crippen LogP contribution is 2.30. The lowest BCUT2D eigenvalue weighted by molar-refractivity contribution is -0.115. The lowest BCUT2D eigenvalue weighted by Gasteiger charge is -2.11. The highest BCUT2D eigenvalue weighted by atomic mass is 32.2. The van der Waals surface area contributed by atoms with E-state index in [1.165, 1.54) is 11.8 Å². The molecule has 2 aromatic heterocycles. The molecule has 0 atom stereocenters. The van der Waals surface area contributed by atoms with Gasteiger partial charge in [-0.1, -0.05) is 47.3 Å². The average molecular weight is 436 g/mol. The highest BCUT2D eigenvalue weighted by Gasteiger charge is 2.17. The number of methoxy groups -OCH3 is 1. The molecule has 8 nitrogen and oxygen atoms in total. The molecule has 0 aliphatic carbocycles. The summed E-state index contributed by atoms with van der Waals surface area (Å²) in [5.41, 5.74) is 1.83. The van der Waals surface area contributed by atoms with Crippen LogP contribution in [0.3, 0.4) is 0 Å². The molecule has 9 heteroatoms. The van der Waals surface area contributed by atoms with Crippen molar-refractivity contribution in [2.45, 2.75) is 18.5 Å². The van der Waals surface area contributed by atoms with E-state index in [0.29, 0.717) is 34.7 Å². The zero-order valence-corrected chi connectivity index (χ0v) is 17.9. The number of para-hydroxylation sites is 1. The summed E-state index contributed by atoms with van der Waals surface area (Å²) in [6.07, 6.45) is 0.298. The Balaban J connectivity index is 1.53. The van der Waals surface area contributed by atoms with Gasteiger partial charge in [0.1, 0.15) is 11.5 Å². The third kappa shape index (κ3) is 4.95. The molecule has 158 valence electrons. The second-order valence-corrected chi connectivity index (χ2v) is 7.74. The number of amides is 1. The number of carbonyl (C=O) groups excluding carboxylic acids is 1. The molecular formula is C22H21N5O3S. The average Bonchev–Trinajstić information content (AvgIpc) is 3.40. The minimum absolute atomic E-state index is 0.139. The normalized spacial score (nSPS) is 10.8. The maximum absolute atomic E-state index is 12.2. The van der Waals surface area contributed by atoms with Crippen molar-refractivity contribution >= 4 is 23.5 Å². The summed E-state index contributed by atoms with van der Waals surface area (Å²) >= 11 is 1.46. The van der Waals surface area contributed by atoms with Gasteiger partial charge in [0, 0.05) is 29.5 Å². The number of ether oxygens (including phenoxy) is 1. The first-order valence-corrected chi connectivity index (χ1v) is 10.6. The molecule has 0 saturated heterocycles. The van der Waals surface area contributed by atoms with Crippen LogP contribution in [0.1, 0.15) is 12.2 Å². The van der Waals surface area contributed by atoms with Gasteiger partial charge < -0.3 is 14.6 Å². The lowest BCUT2D eigenvalue weighted by Crippen LogP contribution is -2.12. The van der Waals surface area contributed by atoms with E-state index in [0.717, 1.165) is 17.0 Å². The zero-order chi connectivity index (χ0) is 21.6. The Labute approximate surface area is 183 Å². The van der Waals surface area contributed by atoms with Gasteiger partial charge in [-0.05, 0) is 31.2 Å². The molecule has 0 bridgehead atoms. The quantitative estimate of drug-likeness (QED) is 0.411. The van der Waals surface area contributed by atoms with E-state index in [1.807, 2.05) is 59.2 Å². The van der Waals surface area contributed by atoms with Crippen molar-refractivity contribution in [2.24, 2.45) is 0 Å². The number of thioether (sulfide) groups is 1. The van der Waals surface area contributed by atoms with E-state index >= 15 is 0 Å². The van der Waals surface area contributed by atoms with Gasteiger partial charge in [0.2, 0.25) is 5.91 Å². The smallest absolute Gasteiger partial charge is 0.226 e. The van der Waals surface area contributed by atoms with Crippen molar-refractivity contribution in [3.63, 3.8) is 0 Å². The number of rotatable bonds is 8. The Morgan fingerprint density at radius 1 is 1.13 bits per heavy atom. The van der Waals surface area contributed by atoms with E-state index in [9.17, 15) is 4.79 Å². The van der Waals surface area contributed by atoms with E-state index in [-0.39, 0.29) is 5.91 Å². The lowest BCUT2D eigenvalue weighted by atomic mass is 10.2. The molecule has 4 aromatic rings. The fourth-order valence-corrected chi connectivity index (χ4v) is 3.88. The van der Waals surface area contributed by atoms with Gasteiger partial charge in [0.25, 0.3) is 0 Å². The molecule has 0 spiro atoms.